The zero-order chi connectivity index (χ0) is 13.6. The minimum absolute atomic E-state index is 0.0659. The summed E-state index contributed by atoms with van der Waals surface area (Å²) in [5.74, 6) is -0.807. The molecule has 2 atom stereocenters. The fourth-order valence-corrected chi connectivity index (χ4v) is 1.22. The van der Waals surface area contributed by atoms with Gasteiger partial charge in [-0.05, 0) is 20.8 Å². The average Bonchev–Trinajstić information content (AvgIpc) is 2.25. The average molecular weight is 239 g/mol. The molecule has 0 aliphatic heterocycles. The molecular weight excluding hydrogens is 221 g/mol. The molecule has 0 aliphatic rings. The van der Waals surface area contributed by atoms with Crippen molar-refractivity contribution in [1.82, 2.24) is 15.4 Å². The fourth-order valence-electron chi connectivity index (χ4n) is 1.22. The van der Waals surface area contributed by atoms with E-state index in [2.05, 4.69) is 10.5 Å². The van der Waals surface area contributed by atoms with E-state index in [4.69, 9.17) is 7.98 Å². The molecule has 0 spiro atoms. The Labute approximate surface area is 103 Å². The van der Waals surface area contributed by atoms with Crippen LogP contribution >= 0.6 is 0 Å². The minimum atomic E-state index is -0.692. The molecule has 0 bridgehead atoms. The predicted octanol–water partition coefficient (Wildman–Crippen LogP) is -1.40. The largest absolute Gasteiger partial charge is 0.359 e. The van der Waals surface area contributed by atoms with E-state index in [-0.39, 0.29) is 24.1 Å². The number of Topliss-reactive ketones (excluding diaryl/α,β-unsaturated/α-hetero) is 1. The van der Waals surface area contributed by atoms with Crippen molar-refractivity contribution in [2.75, 3.05) is 13.6 Å². The Morgan fingerprint density at radius 1 is 1.29 bits per heavy atom. The van der Waals surface area contributed by atoms with Gasteiger partial charge in [-0.15, -0.1) is 0 Å². The smallest absolute Gasteiger partial charge is 0.245 e. The van der Waals surface area contributed by atoms with Gasteiger partial charge in [0.1, 0.15) is 6.04 Å². The van der Waals surface area contributed by atoms with Gasteiger partial charge in [0.15, 0.2) is 13.8 Å². The standard InChI is InChI=1S/C10H18BN3O3/c1-6(13-9(16)5-12-11)10(17)14(4)7(2)8(3)15/h6-7,12H,5H2,1-4H3,(H,13,16). The van der Waals surface area contributed by atoms with Crippen LogP contribution < -0.4 is 10.5 Å². The quantitative estimate of drug-likeness (QED) is 0.559. The second-order valence-electron chi connectivity index (χ2n) is 3.91. The maximum absolute atomic E-state index is 11.8. The Bertz CT molecular complexity index is 309. The molecule has 0 aromatic carbocycles. The first kappa shape index (κ1) is 15.6. The number of ketones is 1. The molecule has 0 aromatic heterocycles. The van der Waals surface area contributed by atoms with Crippen molar-refractivity contribution in [2.24, 2.45) is 0 Å². The van der Waals surface area contributed by atoms with E-state index in [1.165, 1.54) is 18.9 Å². The first-order chi connectivity index (χ1) is 7.81. The van der Waals surface area contributed by atoms with Gasteiger partial charge in [-0.3, -0.25) is 14.4 Å². The van der Waals surface area contributed by atoms with Crippen LogP contribution in [0.1, 0.15) is 20.8 Å². The van der Waals surface area contributed by atoms with Crippen molar-refractivity contribution in [3.63, 3.8) is 0 Å². The lowest BCUT2D eigenvalue weighted by atomic mass is 10.2. The van der Waals surface area contributed by atoms with Gasteiger partial charge in [0, 0.05) is 7.05 Å². The summed E-state index contributed by atoms with van der Waals surface area (Å²) >= 11 is 0. The molecule has 0 aliphatic carbocycles. The third-order valence-corrected chi connectivity index (χ3v) is 2.53. The van der Waals surface area contributed by atoms with Gasteiger partial charge in [-0.25, -0.2) is 0 Å². The summed E-state index contributed by atoms with van der Waals surface area (Å²) in [6.07, 6.45) is 0. The second kappa shape index (κ2) is 7.06. The van der Waals surface area contributed by atoms with Crippen molar-refractivity contribution >= 4 is 25.6 Å². The molecule has 2 N–H and O–H groups in total. The Kier molecular flexibility index (Phi) is 6.49. The number of hydrogen-bond acceptors (Lipinski definition) is 4. The Morgan fingerprint density at radius 2 is 1.82 bits per heavy atom. The van der Waals surface area contributed by atoms with Crippen LogP contribution in [0.2, 0.25) is 0 Å². The maximum atomic E-state index is 11.8. The monoisotopic (exact) mass is 239 g/mol. The molecule has 7 heteroatoms. The molecule has 0 heterocycles. The molecule has 0 fully saturated rings. The topological polar surface area (TPSA) is 78.5 Å². The van der Waals surface area contributed by atoms with Crippen LogP contribution in [0.3, 0.4) is 0 Å². The van der Waals surface area contributed by atoms with E-state index < -0.39 is 12.1 Å². The number of carbonyl (C=O) groups excluding carboxylic acids is 3. The van der Waals surface area contributed by atoms with Gasteiger partial charge in [-0.2, -0.15) is 0 Å². The molecule has 0 saturated carbocycles. The van der Waals surface area contributed by atoms with Crippen LogP contribution in [0, 0.1) is 0 Å². The van der Waals surface area contributed by atoms with Crippen LogP contribution in [0.25, 0.3) is 0 Å². The predicted molar refractivity (Wildman–Crippen MR) is 64.3 cm³/mol. The highest BCUT2D eigenvalue weighted by Crippen LogP contribution is 2.00. The molecule has 94 valence electrons. The summed E-state index contributed by atoms with van der Waals surface area (Å²) in [4.78, 5) is 35.5. The lowest BCUT2D eigenvalue weighted by Gasteiger charge is -2.26. The van der Waals surface area contributed by atoms with E-state index in [9.17, 15) is 14.4 Å². The zero-order valence-electron chi connectivity index (χ0n) is 10.6. The van der Waals surface area contributed by atoms with Crippen molar-refractivity contribution < 1.29 is 14.4 Å². The SMILES string of the molecule is [B]NCC(=O)NC(C)C(=O)N(C)C(C)C(C)=O. The fraction of sp³-hybridized carbons (Fsp3) is 0.700. The van der Waals surface area contributed by atoms with E-state index in [0.717, 1.165) is 0 Å². The molecule has 0 saturated heterocycles. The van der Waals surface area contributed by atoms with Crippen LogP contribution in [0.5, 0.6) is 0 Å². The van der Waals surface area contributed by atoms with Crippen molar-refractivity contribution in [1.29, 1.82) is 0 Å². The summed E-state index contributed by atoms with van der Waals surface area (Å²) in [5.41, 5.74) is 0. The lowest BCUT2D eigenvalue weighted by Crippen LogP contribution is -2.51. The first-order valence-corrected chi connectivity index (χ1v) is 5.31. The summed E-state index contributed by atoms with van der Waals surface area (Å²) in [6, 6.07) is -1.20. The molecule has 17 heavy (non-hydrogen) atoms. The van der Waals surface area contributed by atoms with Gasteiger partial charge < -0.3 is 15.4 Å². The molecule has 2 radical (unpaired) electrons. The summed E-state index contributed by atoms with van der Waals surface area (Å²) < 4.78 is 0. The summed E-state index contributed by atoms with van der Waals surface area (Å²) in [5, 5.41) is 4.66. The Morgan fingerprint density at radius 3 is 2.24 bits per heavy atom. The van der Waals surface area contributed by atoms with Gasteiger partial charge in [0.2, 0.25) is 11.8 Å². The molecule has 0 rings (SSSR count). The van der Waals surface area contributed by atoms with Crippen LogP contribution in [0.4, 0.5) is 0 Å². The van der Waals surface area contributed by atoms with Crippen LogP contribution in [-0.2, 0) is 14.4 Å². The minimum Gasteiger partial charge on any atom is -0.359 e. The number of nitrogens with zero attached hydrogens (tertiary/aromatic N) is 1. The molecule has 2 unspecified atom stereocenters. The molecule has 0 aromatic rings. The van der Waals surface area contributed by atoms with Gasteiger partial charge in [0.25, 0.3) is 0 Å². The van der Waals surface area contributed by atoms with E-state index in [0.29, 0.717) is 0 Å². The van der Waals surface area contributed by atoms with E-state index in [1.54, 1.807) is 13.8 Å². The van der Waals surface area contributed by atoms with Gasteiger partial charge in [0.05, 0.1) is 12.6 Å². The second-order valence-corrected chi connectivity index (χ2v) is 3.91. The highest BCUT2D eigenvalue weighted by Gasteiger charge is 2.24. The maximum Gasteiger partial charge on any atom is 0.245 e. The molecule has 6 nitrogen and oxygen atoms in total. The van der Waals surface area contributed by atoms with Crippen molar-refractivity contribution in [2.45, 2.75) is 32.9 Å². The van der Waals surface area contributed by atoms with Crippen molar-refractivity contribution in [3.8, 4) is 0 Å². The third kappa shape index (κ3) is 4.99. The number of nitrogens with one attached hydrogen (secondary N) is 2. The first-order valence-electron chi connectivity index (χ1n) is 5.31. The van der Waals surface area contributed by atoms with Gasteiger partial charge >= 0.3 is 0 Å². The van der Waals surface area contributed by atoms with E-state index >= 15 is 0 Å². The normalized spacial score (nSPS) is 13.6. The highest BCUT2D eigenvalue weighted by atomic mass is 16.2. The highest BCUT2D eigenvalue weighted by molar-refractivity contribution is 6.06. The van der Waals surface area contributed by atoms with Crippen LogP contribution in [0.15, 0.2) is 0 Å². The molecule has 2 amide bonds. The van der Waals surface area contributed by atoms with E-state index in [1.807, 2.05) is 0 Å². The van der Waals surface area contributed by atoms with Crippen LogP contribution in [-0.4, -0.2) is 56.2 Å². The lowest BCUT2D eigenvalue weighted by molar-refractivity contribution is -0.139. The third-order valence-electron chi connectivity index (χ3n) is 2.53. The summed E-state index contributed by atoms with van der Waals surface area (Å²) in [6.45, 7) is 4.54. The summed E-state index contributed by atoms with van der Waals surface area (Å²) in [7, 11) is 6.50. The Balaban J connectivity index is 4.39. The number of hydrogen-bond donors (Lipinski definition) is 2. The van der Waals surface area contributed by atoms with Gasteiger partial charge in [-0.1, -0.05) is 0 Å². The number of rotatable bonds is 6. The number of carbonyl (C=O) groups is 3. The zero-order valence-corrected chi connectivity index (χ0v) is 10.6. The number of amides is 2. The Hall–Kier alpha value is -1.37. The molecular formula is C10H18BN3O3. The van der Waals surface area contributed by atoms with Crippen molar-refractivity contribution in [3.05, 3.63) is 0 Å². The number of likely N-dealkylation sites (N-methyl/N-ethyl adjacent to an activating group) is 1.